The summed E-state index contributed by atoms with van der Waals surface area (Å²) in [4.78, 5) is 12.4. The molecule has 0 fully saturated rings. The van der Waals surface area contributed by atoms with Crippen LogP contribution in [0.3, 0.4) is 0 Å². The molecule has 0 aliphatic carbocycles. The number of benzene rings is 1. The Bertz CT molecular complexity index is 1020. The van der Waals surface area contributed by atoms with Gasteiger partial charge in [-0.05, 0) is 36.0 Å². The third-order valence-electron chi connectivity index (χ3n) is 4.33. The van der Waals surface area contributed by atoms with E-state index in [1.165, 1.54) is 0 Å². The molecule has 31 heavy (non-hydrogen) atoms. The Morgan fingerprint density at radius 3 is 2.32 bits per heavy atom. The normalized spacial score (nSPS) is 13.8. The zero-order chi connectivity index (χ0) is 23.3. The lowest BCUT2D eigenvalue weighted by atomic mass is 9.97. The third kappa shape index (κ3) is 7.82. The van der Waals surface area contributed by atoms with E-state index in [2.05, 4.69) is 25.0 Å². The number of hydrogen-bond acceptors (Lipinski definition) is 7. The molecule has 0 radical (unpaired) electrons. The number of aliphatic hydroxyl groups is 1. The van der Waals surface area contributed by atoms with Crippen molar-refractivity contribution < 1.29 is 22.3 Å². The van der Waals surface area contributed by atoms with E-state index in [0.29, 0.717) is 6.42 Å². The van der Waals surface area contributed by atoms with Crippen LogP contribution in [0, 0.1) is 17.6 Å². The van der Waals surface area contributed by atoms with Gasteiger partial charge in [-0.1, -0.05) is 32.4 Å². The summed E-state index contributed by atoms with van der Waals surface area (Å²) in [6, 6.07) is 1.56. The van der Waals surface area contributed by atoms with E-state index >= 15 is 0 Å². The Morgan fingerprint density at radius 2 is 1.74 bits per heavy atom. The Balaban J connectivity index is 2.36. The van der Waals surface area contributed by atoms with Gasteiger partial charge in [0.1, 0.15) is 17.5 Å². The fraction of sp³-hybridized carbons (Fsp3) is 0.526. The van der Waals surface area contributed by atoms with Crippen molar-refractivity contribution in [2.45, 2.75) is 45.6 Å². The minimum Gasteiger partial charge on any atom is -0.394 e. The Kier molecular flexibility index (Phi) is 8.49. The van der Waals surface area contributed by atoms with Gasteiger partial charge in [0.05, 0.1) is 23.9 Å². The molecule has 2 atom stereocenters. The number of nitrogens with zero attached hydrogens (tertiary/aromatic N) is 3. The molecule has 2 rings (SSSR count). The van der Waals surface area contributed by atoms with Gasteiger partial charge in [-0.15, -0.1) is 0 Å². The topological polar surface area (TPSA) is 117 Å². The van der Waals surface area contributed by atoms with Gasteiger partial charge in [-0.3, -0.25) is 4.72 Å². The first kappa shape index (κ1) is 25.2. The lowest BCUT2D eigenvalue weighted by Crippen LogP contribution is -2.27. The Morgan fingerprint density at radius 1 is 1.10 bits per heavy atom. The fourth-order valence-electron chi connectivity index (χ4n) is 3.02. The molecule has 1 aromatic heterocycles. The van der Waals surface area contributed by atoms with Gasteiger partial charge in [-0.2, -0.15) is 15.0 Å². The number of nitrogens with one attached hydrogen (secondary N) is 2. The maximum atomic E-state index is 14.3. The molecule has 0 saturated carbocycles. The highest BCUT2D eigenvalue weighted by molar-refractivity contribution is 7.91. The molecule has 12 heteroatoms. The van der Waals surface area contributed by atoms with Crippen LogP contribution in [0.15, 0.2) is 12.1 Å². The van der Waals surface area contributed by atoms with Crippen molar-refractivity contribution in [1.82, 2.24) is 15.0 Å². The van der Waals surface area contributed by atoms with E-state index in [9.17, 15) is 22.3 Å². The number of aliphatic hydroxyl groups excluding tert-OH is 1. The van der Waals surface area contributed by atoms with Crippen LogP contribution in [0.4, 0.5) is 20.7 Å². The van der Waals surface area contributed by atoms with Crippen molar-refractivity contribution in [3.8, 4) is 0 Å². The average Bonchev–Trinajstić information content (AvgIpc) is 2.62. The van der Waals surface area contributed by atoms with Gasteiger partial charge in [0.25, 0.3) is 0 Å². The molecule has 1 heterocycles. The Labute approximate surface area is 185 Å². The highest BCUT2D eigenvalue weighted by atomic mass is 35.5. The van der Waals surface area contributed by atoms with Gasteiger partial charge >= 0.3 is 0 Å². The van der Waals surface area contributed by atoms with Crippen molar-refractivity contribution in [3.05, 3.63) is 40.2 Å². The highest BCUT2D eigenvalue weighted by Crippen LogP contribution is 2.27. The second kappa shape index (κ2) is 10.5. The number of rotatable bonds is 10. The summed E-state index contributed by atoms with van der Waals surface area (Å²) in [6.45, 7) is 5.45. The number of hydrogen-bond donors (Lipinski definition) is 3. The van der Waals surface area contributed by atoms with Crippen LogP contribution in [-0.4, -0.2) is 47.4 Å². The van der Waals surface area contributed by atoms with Crippen LogP contribution in [0.25, 0.3) is 0 Å². The van der Waals surface area contributed by atoms with E-state index in [0.717, 1.165) is 18.4 Å². The van der Waals surface area contributed by atoms with Crippen molar-refractivity contribution in [3.63, 3.8) is 0 Å². The van der Waals surface area contributed by atoms with Gasteiger partial charge in [-0.25, -0.2) is 17.2 Å². The lowest BCUT2D eigenvalue weighted by molar-refractivity contribution is 0.259. The quantitative estimate of drug-likeness (QED) is 0.449. The van der Waals surface area contributed by atoms with Crippen LogP contribution in [0.2, 0.25) is 5.02 Å². The maximum Gasteiger partial charge on any atom is 0.241 e. The summed E-state index contributed by atoms with van der Waals surface area (Å²) < 4.78 is 53.5. The van der Waals surface area contributed by atoms with E-state index < -0.39 is 27.6 Å². The van der Waals surface area contributed by atoms with Crippen LogP contribution < -0.4 is 10.0 Å². The molecular weight excluding hydrogens is 452 g/mol. The molecule has 0 saturated heterocycles. The number of anilines is 2. The van der Waals surface area contributed by atoms with Gasteiger partial charge in [0.2, 0.25) is 21.9 Å². The van der Waals surface area contributed by atoms with Gasteiger partial charge in [0, 0.05) is 6.42 Å². The standard InChI is InChI=1S/C19H26ClF2N5O3S/c1-10(2)5-12(9-28)23-18-24-17(25-19(26-18)27-31(4,29)30)6-11(3)13-7-16(22)14(20)8-15(13)21/h7-8,10-12,28H,5-6,9H2,1-4H3,(H2,23,24,25,26,27)/t11?,12-/m1/s1. The molecule has 0 bridgehead atoms. The van der Waals surface area contributed by atoms with Crippen molar-refractivity contribution >= 4 is 33.5 Å². The van der Waals surface area contributed by atoms with E-state index in [1.54, 1.807) is 6.92 Å². The van der Waals surface area contributed by atoms with Crippen LogP contribution in [0.1, 0.15) is 44.5 Å². The average molecular weight is 478 g/mol. The summed E-state index contributed by atoms with van der Waals surface area (Å²) in [5.74, 6) is -1.68. The molecule has 0 aliphatic heterocycles. The third-order valence-corrected chi connectivity index (χ3v) is 5.17. The summed E-state index contributed by atoms with van der Waals surface area (Å²) in [6.07, 6.45) is 1.65. The predicted octanol–water partition coefficient (Wildman–Crippen LogP) is 3.34. The zero-order valence-corrected chi connectivity index (χ0v) is 19.2. The minimum atomic E-state index is -3.67. The molecular formula is C19H26ClF2N5O3S. The zero-order valence-electron chi connectivity index (χ0n) is 17.7. The maximum absolute atomic E-state index is 14.3. The van der Waals surface area contributed by atoms with E-state index in [-0.39, 0.29) is 53.3 Å². The Hall–Kier alpha value is -2.11. The smallest absolute Gasteiger partial charge is 0.241 e. The number of sulfonamides is 1. The first-order valence-electron chi connectivity index (χ1n) is 9.62. The van der Waals surface area contributed by atoms with Crippen molar-refractivity contribution in [2.24, 2.45) is 5.92 Å². The molecule has 0 amide bonds. The molecule has 172 valence electrons. The number of aromatic nitrogens is 3. The van der Waals surface area contributed by atoms with Gasteiger partial charge in [0.15, 0.2) is 0 Å². The predicted molar refractivity (Wildman–Crippen MR) is 116 cm³/mol. The van der Waals surface area contributed by atoms with E-state index in [1.807, 2.05) is 13.8 Å². The molecule has 3 N–H and O–H groups in total. The molecule has 1 aromatic carbocycles. The summed E-state index contributed by atoms with van der Waals surface area (Å²) in [5.41, 5.74) is 0.0856. The van der Waals surface area contributed by atoms with E-state index in [4.69, 9.17) is 11.6 Å². The van der Waals surface area contributed by atoms with Crippen LogP contribution in [-0.2, 0) is 16.4 Å². The molecule has 0 aliphatic rings. The van der Waals surface area contributed by atoms with Crippen LogP contribution in [0.5, 0.6) is 0 Å². The van der Waals surface area contributed by atoms with Gasteiger partial charge < -0.3 is 10.4 Å². The number of halogens is 3. The largest absolute Gasteiger partial charge is 0.394 e. The summed E-state index contributed by atoms with van der Waals surface area (Å²) in [7, 11) is -3.67. The first-order valence-corrected chi connectivity index (χ1v) is 11.9. The SMILES string of the molecule is CC(C)C[C@H](CO)Nc1nc(CC(C)c2cc(F)c(Cl)cc2F)nc(NS(C)(=O)=O)n1. The second-order valence-electron chi connectivity index (χ2n) is 7.82. The monoisotopic (exact) mass is 477 g/mol. The minimum absolute atomic E-state index is 0.0609. The molecule has 8 nitrogen and oxygen atoms in total. The molecule has 2 aromatic rings. The molecule has 0 spiro atoms. The highest BCUT2D eigenvalue weighted by Gasteiger charge is 2.19. The summed E-state index contributed by atoms with van der Waals surface area (Å²) in [5, 5.41) is 12.3. The van der Waals surface area contributed by atoms with Crippen LogP contribution >= 0.6 is 11.6 Å². The van der Waals surface area contributed by atoms with Crippen molar-refractivity contribution in [1.29, 1.82) is 0 Å². The first-order chi connectivity index (χ1) is 14.4. The van der Waals surface area contributed by atoms with Crippen molar-refractivity contribution in [2.75, 3.05) is 22.9 Å². The fourth-order valence-corrected chi connectivity index (χ4v) is 3.59. The molecule has 1 unspecified atom stereocenters. The summed E-state index contributed by atoms with van der Waals surface area (Å²) >= 11 is 5.61. The second-order valence-corrected chi connectivity index (χ2v) is 9.98. The lowest BCUT2D eigenvalue weighted by Gasteiger charge is -2.19.